The standard InChI is InChI=1S/C70H50N8/c1-43-25-31-59-53(37-43)54-38-44(2)26-32-60(54)77(59)63-35-29-51(41-57(63)69-73-65(47-17-9-5-10-18-47)71-66(74-69)48-19-11-6-12-20-48)52-30-36-64(78-61-33-27-45(3)39-55(61)56-40-46(4)28-34-62(56)78)58(42-52)70-75-67(49-21-13-7-14-22-49)72-68(76-70)50-23-15-8-16-24-50/h5-42H,1-4H3. The van der Waals surface area contributed by atoms with E-state index in [-0.39, 0.29) is 0 Å². The van der Waals surface area contributed by atoms with E-state index in [1.807, 2.05) is 72.8 Å². The predicted molar refractivity (Wildman–Crippen MR) is 319 cm³/mol. The lowest BCUT2D eigenvalue weighted by molar-refractivity contribution is 1.06. The zero-order valence-corrected chi connectivity index (χ0v) is 43.5. The largest absolute Gasteiger partial charge is 0.309 e. The minimum Gasteiger partial charge on any atom is -0.309 e. The lowest BCUT2D eigenvalue weighted by Crippen LogP contribution is -2.05. The van der Waals surface area contributed by atoms with Crippen molar-refractivity contribution in [3.63, 3.8) is 0 Å². The fourth-order valence-corrected chi connectivity index (χ4v) is 11.1. The number of fused-ring (bicyclic) bond motifs is 6. The number of hydrogen-bond donors (Lipinski definition) is 0. The molecule has 14 aromatic rings. The smallest absolute Gasteiger partial charge is 0.166 e. The summed E-state index contributed by atoms with van der Waals surface area (Å²) in [4.78, 5) is 31.8. The van der Waals surface area contributed by atoms with E-state index in [2.05, 4.69) is 195 Å². The van der Waals surface area contributed by atoms with Gasteiger partial charge in [0.25, 0.3) is 0 Å². The summed E-state index contributed by atoms with van der Waals surface area (Å²) in [7, 11) is 0. The Morgan fingerprint density at radius 2 is 0.487 bits per heavy atom. The Morgan fingerprint density at radius 3 is 0.756 bits per heavy atom. The van der Waals surface area contributed by atoms with E-state index in [1.165, 1.54) is 43.8 Å². The van der Waals surface area contributed by atoms with Gasteiger partial charge < -0.3 is 9.13 Å². The van der Waals surface area contributed by atoms with Crippen LogP contribution in [0.25, 0.3) is 134 Å². The third-order valence-electron chi connectivity index (χ3n) is 14.8. The molecule has 0 saturated carbocycles. The second-order valence-corrected chi connectivity index (χ2v) is 20.3. The van der Waals surface area contributed by atoms with Gasteiger partial charge in [-0.1, -0.05) is 180 Å². The number of nitrogens with zero attached hydrogens (tertiary/aromatic N) is 8. The summed E-state index contributed by atoms with van der Waals surface area (Å²) in [6, 6.07) is 81.0. The highest BCUT2D eigenvalue weighted by molar-refractivity contribution is 6.11. The summed E-state index contributed by atoms with van der Waals surface area (Å²) >= 11 is 0. The van der Waals surface area contributed by atoms with E-state index in [1.54, 1.807) is 0 Å². The average Bonchev–Trinajstić information content (AvgIpc) is 4.13. The minimum atomic E-state index is 0.555. The Kier molecular flexibility index (Phi) is 11.2. The molecule has 0 spiro atoms. The molecule has 0 aliphatic rings. The molecule has 14 rings (SSSR count). The van der Waals surface area contributed by atoms with E-state index < -0.39 is 0 Å². The molecule has 370 valence electrons. The van der Waals surface area contributed by atoms with Gasteiger partial charge in [-0.25, -0.2) is 29.9 Å². The molecule has 8 heteroatoms. The molecule has 0 N–H and O–H groups in total. The molecule has 0 bridgehead atoms. The third-order valence-corrected chi connectivity index (χ3v) is 14.8. The molecule has 0 fully saturated rings. The highest BCUT2D eigenvalue weighted by atomic mass is 15.1. The summed E-state index contributed by atoms with van der Waals surface area (Å²) in [5, 5.41) is 4.75. The Labute approximate surface area is 451 Å². The first-order valence-corrected chi connectivity index (χ1v) is 26.3. The summed E-state index contributed by atoms with van der Waals surface area (Å²) < 4.78 is 4.75. The van der Waals surface area contributed by atoms with Crippen molar-refractivity contribution in [1.82, 2.24) is 39.0 Å². The van der Waals surface area contributed by atoms with Crippen LogP contribution >= 0.6 is 0 Å². The van der Waals surface area contributed by atoms with Crippen LogP contribution in [-0.2, 0) is 0 Å². The zero-order chi connectivity index (χ0) is 52.4. The molecule has 78 heavy (non-hydrogen) atoms. The van der Waals surface area contributed by atoms with Crippen molar-refractivity contribution >= 4 is 43.6 Å². The number of aromatic nitrogens is 8. The van der Waals surface area contributed by atoms with Crippen LogP contribution in [0.1, 0.15) is 22.3 Å². The lowest BCUT2D eigenvalue weighted by atomic mass is 9.97. The number of rotatable bonds is 9. The van der Waals surface area contributed by atoms with Gasteiger partial charge in [-0.3, -0.25) is 0 Å². The topological polar surface area (TPSA) is 87.2 Å². The lowest BCUT2D eigenvalue weighted by Gasteiger charge is -2.18. The molecule has 0 amide bonds. The molecule has 4 aromatic heterocycles. The average molecular weight is 1000 g/mol. The second-order valence-electron chi connectivity index (χ2n) is 20.3. The maximum atomic E-state index is 5.39. The third kappa shape index (κ3) is 8.18. The van der Waals surface area contributed by atoms with Crippen LogP contribution in [0.2, 0.25) is 0 Å². The van der Waals surface area contributed by atoms with Crippen LogP contribution in [0.3, 0.4) is 0 Å². The predicted octanol–water partition coefficient (Wildman–Crippen LogP) is 17.2. The highest BCUT2D eigenvalue weighted by Crippen LogP contribution is 2.42. The van der Waals surface area contributed by atoms with Crippen molar-refractivity contribution in [2.45, 2.75) is 27.7 Å². The zero-order valence-electron chi connectivity index (χ0n) is 43.5. The van der Waals surface area contributed by atoms with Gasteiger partial charge in [0, 0.05) is 54.9 Å². The molecule has 0 aliphatic heterocycles. The van der Waals surface area contributed by atoms with Gasteiger partial charge in [0.1, 0.15) is 0 Å². The van der Waals surface area contributed by atoms with Crippen molar-refractivity contribution in [3.8, 4) is 90.8 Å². The van der Waals surface area contributed by atoms with Gasteiger partial charge in [-0.15, -0.1) is 0 Å². The normalized spacial score (nSPS) is 11.6. The first-order valence-electron chi connectivity index (χ1n) is 26.3. The quantitative estimate of drug-likeness (QED) is 0.143. The van der Waals surface area contributed by atoms with Gasteiger partial charge >= 0.3 is 0 Å². The van der Waals surface area contributed by atoms with Crippen molar-refractivity contribution < 1.29 is 0 Å². The van der Waals surface area contributed by atoms with E-state index in [4.69, 9.17) is 29.9 Å². The van der Waals surface area contributed by atoms with Gasteiger partial charge in [0.2, 0.25) is 0 Å². The molecular formula is C70H50N8. The molecule has 0 unspecified atom stereocenters. The minimum absolute atomic E-state index is 0.555. The van der Waals surface area contributed by atoms with Crippen LogP contribution in [0.15, 0.2) is 231 Å². The number of aryl methyl sites for hydroxylation is 4. The maximum absolute atomic E-state index is 5.39. The molecule has 0 saturated heterocycles. The molecule has 0 atom stereocenters. The second kappa shape index (κ2) is 18.9. The van der Waals surface area contributed by atoms with Gasteiger partial charge in [0.15, 0.2) is 34.9 Å². The van der Waals surface area contributed by atoms with Crippen LogP contribution in [0.5, 0.6) is 0 Å². The first kappa shape index (κ1) is 46.4. The van der Waals surface area contributed by atoms with Gasteiger partial charge in [0.05, 0.1) is 33.4 Å². The molecule has 4 heterocycles. The fraction of sp³-hybridized carbons (Fsp3) is 0.0571. The first-order chi connectivity index (χ1) is 38.3. The van der Waals surface area contributed by atoms with E-state index in [0.717, 1.165) is 77.9 Å². The van der Waals surface area contributed by atoms with Crippen LogP contribution < -0.4 is 0 Å². The van der Waals surface area contributed by atoms with E-state index in [9.17, 15) is 0 Å². The molecule has 10 aromatic carbocycles. The summed E-state index contributed by atoms with van der Waals surface area (Å²) in [5.74, 6) is 3.46. The number of benzene rings is 10. The Bertz CT molecular complexity index is 4110. The van der Waals surface area contributed by atoms with E-state index >= 15 is 0 Å². The Hall–Kier alpha value is -10.2. The van der Waals surface area contributed by atoms with Crippen molar-refractivity contribution in [2.75, 3.05) is 0 Å². The summed E-state index contributed by atoms with van der Waals surface area (Å²) in [6.07, 6.45) is 0. The van der Waals surface area contributed by atoms with Crippen LogP contribution in [0.4, 0.5) is 0 Å². The van der Waals surface area contributed by atoms with Crippen molar-refractivity contribution in [1.29, 1.82) is 0 Å². The Balaban J connectivity index is 1.06. The van der Waals surface area contributed by atoms with Gasteiger partial charge in [-0.2, -0.15) is 0 Å². The molecular weight excluding hydrogens is 953 g/mol. The van der Waals surface area contributed by atoms with Crippen molar-refractivity contribution in [2.24, 2.45) is 0 Å². The highest BCUT2D eigenvalue weighted by Gasteiger charge is 2.24. The monoisotopic (exact) mass is 1000 g/mol. The van der Waals surface area contributed by atoms with Crippen LogP contribution in [0, 0.1) is 27.7 Å². The molecule has 0 radical (unpaired) electrons. The summed E-state index contributed by atoms with van der Waals surface area (Å²) in [6.45, 7) is 8.63. The van der Waals surface area contributed by atoms with Crippen LogP contribution in [-0.4, -0.2) is 39.0 Å². The van der Waals surface area contributed by atoms with Gasteiger partial charge in [-0.05, 0) is 112 Å². The Morgan fingerprint density at radius 1 is 0.231 bits per heavy atom. The molecule has 0 aliphatic carbocycles. The molecule has 8 nitrogen and oxygen atoms in total. The summed E-state index contributed by atoms with van der Waals surface area (Å²) in [5.41, 5.74) is 18.3. The SMILES string of the molecule is Cc1ccc2c(c1)c1cc(C)ccc1n2-c1ccc(-c2ccc(-n3c4ccc(C)cc4c4cc(C)ccc43)c(-c3nc(-c4ccccc4)nc(-c4ccccc4)n3)c2)cc1-c1nc(-c2ccccc2)nc(-c2ccccc2)n1. The van der Waals surface area contributed by atoms with Crippen molar-refractivity contribution in [3.05, 3.63) is 253 Å². The maximum Gasteiger partial charge on any atom is 0.166 e. The fourth-order valence-electron chi connectivity index (χ4n) is 11.1. The number of hydrogen-bond acceptors (Lipinski definition) is 6. The van der Waals surface area contributed by atoms with E-state index in [0.29, 0.717) is 34.9 Å².